The minimum Gasteiger partial charge on any atom is -0.486 e. The maximum absolute atomic E-state index is 12.1. The molecule has 0 aromatic heterocycles. The first-order valence-electron chi connectivity index (χ1n) is 11.6. The molecule has 0 saturated heterocycles. The number of ether oxygens (including phenoxy) is 1. The van der Waals surface area contributed by atoms with Crippen LogP contribution in [0.15, 0.2) is 54.6 Å². The van der Waals surface area contributed by atoms with Gasteiger partial charge >= 0.3 is 0 Å². The predicted octanol–water partition coefficient (Wildman–Crippen LogP) is 7.65. The van der Waals surface area contributed by atoms with Gasteiger partial charge in [0.25, 0.3) is 5.24 Å². The molecule has 33 heavy (non-hydrogen) atoms. The molecule has 0 fully saturated rings. The molecule has 4 heteroatoms. The molecule has 0 aliphatic heterocycles. The van der Waals surface area contributed by atoms with E-state index < -0.39 is 10.7 Å². The number of aryl methyl sites for hydroxylation is 2. The third kappa shape index (κ3) is 6.45. The van der Waals surface area contributed by atoms with Crippen molar-refractivity contribution in [3.63, 3.8) is 0 Å². The van der Waals surface area contributed by atoms with Crippen LogP contribution in [0.25, 0.3) is 10.8 Å². The van der Waals surface area contributed by atoms with E-state index in [4.69, 9.17) is 16.3 Å². The zero-order valence-electron chi connectivity index (χ0n) is 20.2. The Kier molecular flexibility index (Phi) is 7.97. The first-order chi connectivity index (χ1) is 15.6. The molecule has 0 saturated carbocycles. The molecule has 0 bridgehead atoms. The Bertz CT molecular complexity index is 1160. The van der Waals surface area contributed by atoms with Gasteiger partial charge in [-0.3, -0.25) is 9.59 Å². The lowest BCUT2D eigenvalue weighted by Crippen LogP contribution is -2.26. The van der Waals surface area contributed by atoms with Crippen LogP contribution in [0.4, 0.5) is 0 Å². The van der Waals surface area contributed by atoms with Crippen LogP contribution in [0.3, 0.4) is 0 Å². The van der Waals surface area contributed by atoms with Gasteiger partial charge in [-0.1, -0.05) is 64.1 Å². The predicted molar refractivity (Wildman–Crippen MR) is 137 cm³/mol. The minimum atomic E-state index is -0.431. The molecule has 0 amide bonds. The van der Waals surface area contributed by atoms with Crippen molar-refractivity contribution in [1.82, 2.24) is 0 Å². The van der Waals surface area contributed by atoms with Crippen LogP contribution in [-0.2, 0) is 11.2 Å². The molecule has 0 aliphatic rings. The number of fused-ring (bicyclic) bond motifs is 1. The Morgan fingerprint density at radius 2 is 1.67 bits per heavy atom. The first kappa shape index (κ1) is 25.0. The lowest BCUT2D eigenvalue weighted by atomic mass is 9.88. The maximum Gasteiger partial charge on any atom is 0.252 e. The fourth-order valence-electron chi connectivity index (χ4n) is 3.98. The van der Waals surface area contributed by atoms with Crippen molar-refractivity contribution in [3.05, 3.63) is 76.9 Å². The van der Waals surface area contributed by atoms with Crippen LogP contribution in [0.1, 0.15) is 73.5 Å². The molecule has 0 aliphatic carbocycles. The summed E-state index contributed by atoms with van der Waals surface area (Å²) in [6, 6.07) is 18.3. The van der Waals surface area contributed by atoms with E-state index in [1.807, 2.05) is 45.9 Å². The average molecular weight is 465 g/mol. The van der Waals surface area contributed by atoms with Gasteiger partial charge in [0.15, 0.2) is 5.78 Å². The number of hydrogen-bond acceptors (Lipinski definition) is 3. The van der Waals surface area contributed by atoms with Crippen molar-refractivity contribution in [3.8, 4) is 5.75 Å². The summed E-state index contributed by atoms with van der Waals surface area (Å²) in [7, 11) is 0. The Labute approximate surface area is 202 Å². The molecule has 3 aromatic rings. The van der Waals surface area contributed by atoms with Crippen LogP contribution < -0.4 is 4.74 Å². The normalized spacial score (nSPS) is 12.5. The summed E-state index contributed by atoms with van der Waals surface area (Å²) in [5.41, 5.74) is 3.77. The van der Waals surface area contributed by atoms with Gasteiger partial charge in [-0.15, -0.1) is 0 Å². The van der Waals surface area contributed by atoms with Crippen LogP contribution in [0.2, 0.25) is 0 Å². The molecule has 3 rings (SSSR count). The number of Topliss-reactive ketones (excluding diaryl/α,β-unsaturated/α-hetero) is 1. The van der Waals surface area contributed by atoms with Crippen LogP contribution in [0.5, 0.6) is 5.75 Å². The Morgan fingerprint density at radius 1 is 0.970 bits per heavy atom. The SMILES string of the molecule is CCC(CCc1ccc(OCC(=O)C(C)(C)C)c(C)c1)c1ccc2cc(C(=O)Cl)ccc2c1. The molecule has 3 aromatic carbocycles. The summed E-state index contributed by atoms with van der Waals surface area (Å²) in [5.74, 6) is 1.31. The Morgan fingerprint density at radius 3 is 2.30 bits per heavy atom. The summed E-state index contributed by atoms with van der Waals surface area (Å²) in [4.78, 5) is 23.6. The van der Waals surface area contributed by atoms with Gasteiger partial charge in [0, 0.05) is 11.0 Å². The third-order valence-electron chi connectivity index (χ3n) is 6.27. The van der Waals surface area contributed by atoms with E-state index in [0.717, 1.165) is 41.3 Å². The second kappa shape index (κ2) is 10.5. The van der Waals surface area contributed by atoms with E-state index in [1.165, 1.54) is 11.1 Å². The van der Waals surface area contributed by atoms with Gasteiger partial charge in [-0.25, -0.2) is 0 Å². The number of carbonyl (C=O) groups is 2. The van der Waals surface area contributed by atoms with Crippen molar-refractivity contribution in [2.45, 2.75) is 59.8 Å². The summed E-state index contributed by atoms with van der Waals surface area (Å²) >= 11 is 5.62. The highest BCUT2D eigenvalue weighted by Crippen LogP contribution is 2.30. The summed E-state index contributed by atoms with van der Waals surface area (Å²) in [6.07, 6.45) is 3.07. The van der Waals surface area contributed by atoms with E-state index in [1.54, 1.807) is 6.07 Å². The largest absolute Gasteiger partial charge is 0.486 e. The van der Waals surface area contributed by atoms with Gasteiger partial charge in [0.2, 0.25) is 0 Å². The Hall–Kier alpha value is -2.65. The van der Waals surface area contributed by atoms with E-state index >= 15 is 0 Å². The summed E-state index contributed by atoms with van der Waals surface area (Å²) in [6.45, 7) is 10.1. The minimum absolute atomic E-state index is 0.0950. The summed E-state index contributed by atoms with van der Waals surface area (Å²) < 4.78 is 5.78. The van der Waals surface area contributed by atoms with E-state index in [2.05, 4.69) is 37.3 Å². The number of benzene rings is 3. The molecule has 0 heterocycles. The average Bonchev–Trinajstić information content (AvgIpc) is 2.77. The topological polar surface area (TPSA) is 43.4 Å². The molecule has 3 nitrogen and oxygen atoms in total. The highest BCUT2D eigenvalue weighted by atomic mass is 35.5. The number of hydrogen-bond donors (Lipinski definition) is 0. The van der Waals surface area contributed by atoms with Crippen molar-refractivity contribution in [1.29, 1.82) is 0 Å². The third-order valence-corrected chi connectivity index (χ3v) is 6.49. The smallest absolute Gasteiger partial charge is 0.252 e. The van der Waals surface area contributed by atoms with E-state index in [0.29, 0.717) is 11.5 Å². The van der Waals surface area contributed by atoms with Gasteiger partial charge in [-0.05, 0) is 89.4 Å². The van der Waals surface area contributed by atoms with Gasteiger partial charge < -0.3 is 4.74 Å². The summed E-state index contributed by atoms with van der Waals surface area (Å²) in [5, 5.41) is 1.71. The second-order valence-corrected chi connectivity index (χ2v) is 10.1. The van der Waals surface area contributed by atoms with Crippen LogP contribution in [-0.4, -0.2) is 17.6 Å². The lowest BCUT2D eigenvalue weighted by molar-refractivity contribution is -0.128. The van der Waals surface area contributed by atoms with Gasteiger partial charge in [-0.2, -0.15) is 0 Å². The molecular formula is C29H33ClO3. The zero-order chi connectivity index (χ0) is 24.2. The fourth-order valence-corrected chi connectivity index (χ4v) is 4.09. The fraction of sp³-hybridized carbons (Fsp3) is 0.379. The lowest BCUT2D eigenvalue weighted by Gasteiger charge is -2.18. The van der Waals surface area contributed by atoms with Crippen molar-refractivity contribution in [2.75, 3.05) is 6.61 Å². The number of rotatable bonds is 9. The van der Waals surface area contributed by atoms with Crippen molar-refractivity contribution >= 4 is 33.4 Å². The van der Waals surface area contributed by atoms with Crippen LogP contribution >= 0.6 is 11.6 Å². The number of ketones is 1. The quantitative estimate of drug-likeness (QED) is 0.305. The van der Waals surface area contributed by atoms with Gasteiger partial charge in [0.05, 0.1) is 0 Å². The zero-order valence-corrected chi connectivity index (χ0v) is 21.0. The molecule has 0 spiro atoms. The van der Waals surface area contributed by atoms with Crippen molar-refractivity contribution < 1.29 is 14.3 Å². The van der Waals surface area contributed by atoms with Gasteiger partial charge in [0.1, 0.15) is 12.4 Å². The molecule has 1 atom stereocenters. The number of halogens is 1. The van der Waals surface area contributed by atoms with Crippen molar-refractivity contribution in [2.24, 2.45) is 5.41 Å². The first-order valence-corrected chi connectivity index (χ1v) is 12.0. The molecule has 0 radical (unpaired) electrons. The monoisotopic (exact) mass is 464 g/mol. The maximum atomic E-state index is 12.1. The molecular weight excluding hydrogens is 432 g/mol. The van der Waals surface area contributed by atoms with E-state index in [9.17, 15) is 9.59 Å². The Balaban J connectivity index is 1.66. The highest BCUT2D eigenvalue weighted by molar-refractivity contribution is 6.67. The number of carbonyl (C=O) groups excluding carboxylic acids is 2. The highest BCUT2D eigenvalue weighted by Gasteiger charge is 2.21. The molecule has 0 N–H and O–H groups in total. The molecule has 174 valence electrons. The van der Waals surface area contributed by atoms with E-state index in [-0.39, 0.29) is 12.4 Å². The standard InChI is InChI=1S/C29H33ClO3/c1-6-21(22-10-11-24-17-25(28(30)32)13-12-23(24)16-22)9-7-20-8-14-26(19(2)15-20)33-18-27(31)29(3,4)5/h8,10-17,21H,6-7,9,18H2,1-5H3. The second-order valence-electron chi connectivity index (χ2n) is 9.80. The van der Waals surface area contributed by atoms with Crippen LogP contribution in [0, 0.1) is 12.3 Å². The molecule has 1 unspecified atom stereocenters.